The third kappa shape index (κ3) is 6.64. The van der Waals surface area contributed by atoms with Crippen LogP contribution in [0.4, 0.5) is 5.00 Å². The van der Waals surface area contributed by atoms with Crippen LogP contribution in [-0.2, 0) is 9.53 Å². The summed E-state index contributed by atoms with van der Waals surface area (Å²) in [5, 5.41) is 5.95. The largest absolute Gasteiger partial charge is 0.462 e. The number of unbranched alkanes of at least 4 members (excludes halogenated alkanes) is 5. The Bertz CT molecular complexity index is 771. The lowest BCUT2D eigenvalue weighted by atomic mass is 10.0. The quantitative estimate of drug-likeness (QED) is 0.316. The normalized spacial score (nSPS) is 10.7. The highest BCUT2D eigenvalue weighted by Crippen LogP contribution is 2.36. The van der Waals surface area contributed by atoms with Crippen molar-refractivity contribution in [2.24, 2.45) is 0 Å². The number of ether oxygens (including phenoxy) is 1. The number of benzene rings is 1. The monoisotopic (exact) mass is 421 g/mol. The Balaban J connectivity index is 2.08. The van der Waals surface area contributed by atoms with Crippen molar-refractivity contribution in [3.8, 4) is 11.1 Å². The fraction of sp³-hybridized carbons (Fsp3) is 0.455. The van der Waals surface area contributed by atoms with Crippen molar-refractivity contribution in [3.05, 3.63) is 40.2 Å². The lowest BCUT2D eigenvalue weighted by Gasteiger charge is -2.09. The number of thiophene rings is 1. The Kier molecular flexibility index (Phi) is 9.51. The summed E-state index contributed by atoms with van der Waals surface area (Å²) in [6.07, 6.45) is 7.22. The molecule has 0 spiro atoms. The number of rotatable bonds is 11. The lowest BCUT2D eigenvalue weighted by Crippen LogP contribution is -2.14. The summed E-state index contributed by atoms with van der Waals surface area (Å²) < 4.78 is 5.22. The van der Waals surface area contributed by atoms with Gasteiger partial charge in [-0.1, -0.05) is 62.8 Å². The van der Waals surface area contributed by atoms with Crippen molar-refractivity contribution in [1.29, 1.82) is 0 Å². The van der Waals surface area contributed by atoms with E-state index >= 15 is 0 Å². The van der Waals surface area contributed by atoms with Crippen molar-refractivity contribution in [2.75, 3.05) is 11.9 Å². The van der Waals surface area contributed by atoms with Gasteiger partial charge in [0.1, 0.15) is 10.6 Å². The number of nitrogens with one attached hydrogen (secondary N) is 1. The van der Waals surface area contributed by atoms with E-state index in [1.54, 1.807) is 19.1 Å². The van der Waals surface area contributed by atoms with Crippen molar-refractivity contribution in [1.82, 2.24) is 0 Å². The molecule has 0 saturated heterocycles. The van der Waals surface area contributed by atoms with Crippen LogP contribution in [0.25, 0.3) is 11.1 Å². The van der Waals surface area contributed by atoms with Gasteiger partial charge in [0.25, 0.3) is 0 Å². The van der Waals surface area contributed by atoms with Gasteiger partial charge in [0, 0.05) is 22.4 Å². The second kappa shape index (κ2) is 11.9. The van der Waals surface area contributed by atoms with Crippen LogP contribution < -0.4 is 5.32 Å². The maximum absolute atomic E-state index is 12.5. The molecule has 0 aliphatic rings. The average molecular weight is 422 g/mol. The number of hydrogen-bond acceptors (Lipinski definition) is 4. The Morgan fingerprint density at radius 2 is 1.71 bits per heavy atom. The first-order valence-electron chi connectivity index (χ1n) is 9.91. The number of carbonyl (C=O) groups excluding carboxylic acids is 2. The van der Waals surface area contributed by atoms with Gasteiger partial charge in [0.05, 0.1) is 6.61 Å². The number of hydrogen-bond donors (Lipinski definition) is 1. The van der Waals surface area contributed by atoms with Crippen molar-refractivity contribution in [3.63, 3.8) is 0 Å². The van der Waals surface area contributed by atoms with Crippen LogP contribution >= 0.6 is 22.9 Å². The minimum atomic E-state index is -0.427. The zero-order chi connectivity index (χ0) is 20.4. The lowest BCUT2D eigenvalue weighted by molar-refractivity contribution is -0.116. The Hall–Kier alpha value is -1.85. The average Bonchev–Trinajstić information content (AvgIpc) is 3.09. The molecule has 4 nitrogen and oxygen atoms in total. The topological polar surface area (TPSA) is 55.4 Å². The molecule has 1 amide bonds. The van der Waals surface area contributed by atoms with Gasteiger partial charge in [-0.3, -0.25) is 4.79 Å². The van der Waals surface area contributed by atoms with E-state index in [0.29, 0.717) is 22.0 Å². The van der Waals surface area contributed by atoms with E-state index in [4.69, 9.17) is 16.3 Å². The van der Waals surface area contributed by atoms with Crippen LogP contribution in [0.15, 0.2) is 29.6 Å². The van der Waals surface area contributed by atoms with Gasteiger partial charge in [-0.15, -0.1) is 11.3 Å². The van der Waals surface area contributed by atoms with E-state index < -0.39 is 5.97 Å². The standard InChI is InChI=1S/C22H28ClNO3S/c1-3-5-6-7-8-9-10-19(25)24-21-20(22(26)27-4-2)18(15-28-21)16-11-13-17(23)14-12-16/h11-15H,3-10H2,1-2H3,(H,24,25). The molecular formula is C22H28ClNO3S. The Morgan fingerprint density at radius 1 is 1.04 bits per heavy atom. The van der Waals surface area contributed by atoms with E-state index in [2.05, 4.69) is 12.2 Å². The van der Waals surface area contributed by atoms with Gasteiger partial charge in [-0.2, -0.15) is 0 Å². The van der Waals surface area contributed by atoms with Crippen LogP contribution in [0.3, 0.4) is 0 Å². The van der Waals surface area contributed by atoms with E-state index in [9.17, 15) is 9.59 Å². The van der Waals surface area contributed by atoms with E-state index in [1.807, 2.05) is 17.5 Å². The second-order valence-corrected chi connectivity index (χ2v) is 7.96. The number of carbonyl (C=O) groups is 2. The minimum Gasteiger partial charge on any atom is -0.462 e. The summed E-state index contributed by atoms with van der Waals surface area (Å²) in [5.74, 6) is -0.492. The van der Waals surface area contributed by atoms with Gasteiger partial charge in [0.15, 0.2) is 0 Å². The summed E-state index contributed by atoms with van der Waals surface area (Å²) in [6.45, 7) is 4.23. The molecule has 0 fully saturated rings. The molecule has 1 heterocycles. The predicted octanol–water partition coefficient (Wildman–Crippen LogP) is 6.93. The van der Waals surface area contributed by atoms with Crippen LogP contribution in [0.5, 0.6) is 0 Å². The third-order valence-electron chi connectivity index (χ3n) is 4.44. The predicted molar refractivity (Wildman–Crippen MR) is 117 cm³/mol. The van der Waals surface area contributed by atoms with Crippen LogP contribution in [0, 0.1) is 0 Å². The molecule has 0 unspecified atom stereocenters. The molecule has 2 aromatic rings. The summed E-state index contributed by atoms with van der Waals surface area (Å²) in [4.78, 5) is 24.9. The number of anilines is 1. The fourth-order valence-electron chi connectivity index (χ4n) is 2.95. The number of amides is 1. The van der Waals surface area contributed by atoms with E-state index in [-0.39, 0.29) is 12.5 Å². The SMILES string of the molecule is CCCCCCCCC(=O)Nc1scc(-c2ccc(Cl)cc2)c1C(=O)OCC. The molecule has 6 heteroatoms. The molecule has 2 rings (SSSR count). The zero-order valence-corrected chi connectivity index (χ0v) is 18.1. The molecule has 0 atom stereocenters. The van der Waals surface area contributed by atoms with Gasteiger partial charge >= 0.3 is 5.97 Å². The van der Waals surface area contributed by atoms with Crippen LogP contribution in [0.1, 0.15) is 69.2 Å². The maximum Gasteiger partial charge on any atom is 0.341 e. The van der Waals surface area contributed by atoms with Crippen molar-refractivity contribution >= 4 is 39.8 Å². The highest BCUT2D eigenvalue weighted by atomic mass is 35.5. The molecule has 0 aliphatic heterocycles. The minimum absolute atomic E-state index is 0.0643. The van der Waals surface area contributed by atoms with Gasteiger partial charge in [0.2, 0.25) is 5.91 Å². The van der Waals surface area contributed by atoms with Crippen molar-refractivity contribution in [2.45, 2.75) is 58.8 Å². The van der Waals surface area contributed by atoms with Gasteiger partial charge < -0.3 is 10.1 Å². The third-order valence-corrected chi connectivity index (χ3v) is 5.58. The highest BCUT2D eigenvalue weighted by molar-refractivity contribution is 7.15. The molecule has 1 aromatic heterocycles. The van der Waals surface area contributed by atoms with Crippen molar-refractivity contribution < 1.29 is 14.3 Å². The smallest absolute Gasteiger partial charge is 0.341 e. The Morgan fingerprint density at radius 3 is 2.39 bits per heavy atom. The first-order chi connectivity index (χ1) is 13.6. The Labute approximate surface area is 176 Å². The fourth-order valence-corrected chi connectivity index (χ4v) is 4.05. The molecule has 152 valence electrons. The molecule has 0 bridgehead atoms. The van der Waals surface area contributed by atoms with Gasteiger partial charge in [-0.05, 0) is 31.0 Å². The zero-order valence-electron chi connectivity index (χ0n) is 16.6. The second-order valence-electron chi connectivity index (χ2n) is 6.65. The molecule has 1 aromatic carbocycles. The molecule has 28 heavy (non-hydrogen) atoms. The summed E-state index contributed by atoms with van der Waals surface area (Å²) in [7, 11) is 0. The van der Waals surface area contributed by atoms with Gasteiger partial charge in [-0.25, -0.2) is 4.79 Å². The number of halogens is 1. The first kappa shape index (κ1) is 22.4. The number of esters is 1. The summed E-state index contributed by atoms with van der Waals surface area (Å²) >= 11 is 7.31. The van der Waals surface area contributed by atoms with E-state index in [1.165, 1.54) is 30.6 Å². The summed E-state index contributed by atoms with van der Waals surface area (Å²) in [5.41, 5.74) is 2.01. The molecule has 1 N–H and O–H groups in total. The first-order valence-corrected chi connectivity index (χ1v) is 11.2. The van der Waals surface area contributed by atoms with E-state index in [0.717, 1.165) is 30.4 Å². The molecular weight excluding hydrogens is 394 g/mol. The molecule has 0 radical (unpaired) electrons. The summed E-state index contributed by atoms with van der Waals surface area (Å²) in [6, 6.07) is 7.27. The van der Waals surface area contributed by atoms with Crippen LogP contribution in [-0.4, -0.2) is 18.5 Å². The molecule has 0 saturated carbocycles. The highest BCUT2D eigenvalue weighted by Gasteiger charge is 2.22. The maximum atomic E-state index is 12.5. The molecule has 0 aliphatic carbocycles. The van der Waals surface area contributed by atoms with Crippen LogP contribution in [0.2, 0.25) is 5.02 Å².